The van der Waals surface area contributed by atoms with Crippen LogP contribution in [0.15, 0.2) is 67.3 Å². The number of hydrogen-bond acceptors (Lipinski definition) is 2. The van der Waals surface area contributed by atoms with Crippen molar-refractivity contribution >= 4 is 0 Å². The minimum atomic E-state index is -0.911. The molecular weight excluding hydrogens is 291 g/mol. The lowest BCUT2D eigenvalue weighted by Gasteiger charge is -2.24. The predicted molar refractivity (Wildman–Crippen MR) is 88.3 cm³/mol. The van der Waals surface area contributed by atoms with Gasteiger partial charge < -0.3 is 9.67 Å². The van der Waals surface area contributed by atoms with Crippen molar-refractivity contribution in [2.45, 2.75) is 25.5 Å². The van der Waals surface area contributed by atoms with Crippen molar-refractivity contribution in [3.05, 3.63) is 78.6 Å². The van der Waals surface area contributed by atoms with Gasteiger partial charge in [0.05, 0.1) is 11.9 Å². The molecule has 0 bridgehead atoms. The summed E-state index contributed by atoms with van der Waals surface area (Å²) in [7, 11) is 0. The normalized spacial score (nSPS) is 13.7. The summed E-state index contributed by atoms with van der Waals surface area (Å²) in [6.45, 7) is 2.52. The van der Waals surface area contributed by atoms with E-state index in [1.54, 1.807) is 24.7 Å². The number of halogens is 1. The van der Waals surface area contributed by atoms with Crippen molar-refractivity contribution in [3.63, 3.8) is 0 Å². The van der Waals surface area contributed by atoms with E-state index in [1.165, 1.54) is 12.1 Å². The van der Waals surface area contributed by atoms with Gasteiger partial charge in [-0.3, -0.25) is 0 Å². The molecule has 118 valence electrons. The Kier molecular flexibility index (Phi) is 4.26. The number of rotatable bonds is 5. The van der Waals surface area contributed by atoms with Gasteiger partial charge in [0.15, 0.2) is 0 Å². The van der Waals surface area contributed by atoms with E-state index in [1.807, 2.05) is 42.0 Å². The molecule has 0 aliphatic heterocycles. The molecule has 1 unspecified atom stereocenters. The molecular formula is C19H19FN2O. The van der Waals surface area contributed by atoms with Crippen LogP contribution in [-0.4, -0.2) is 14.7 Å². The second-order valence-electron chi connectivity index (χ2n) is 5.91. The summed E-state index contributed by atoms with van der Waals surface area (Å²) in [5.74, 6) is -0.243. The van der Waals surface area contributed by atoms with E-state index in [0.717, 1.165) is 16.7 Å². The fraction of sp³-hybridized carbons (Fsp3) is 0.211. The minimum absolute atomic E-state index is 0.243. The molecule has 3 rings (SSSR count). The van der Waals surface area contributed by atoms with Crippen LogP contribution in [0.2, 0.25) is 0 Å². The summed E-state index contributed by atoms with van der Waals surface area (Å²) in [6, 6.07) is 14.2. The van der Waals surface area contributed by atoms with Crippen LogP contribution in [0.5, 0.6) is 0 Å². The zero-order valence-electron chi connectivity index (χ0n) is 13.0. The summed E-state index contributed by atoms with van der Waals surface area (Å²) in [6.07, 6.45) is 5.95. The second kappa shape index (κ2) is 6.34. The van der Waals surface area contributed by atoms with Gasteiger partial charge in [-0.25, -0.2) is 9.37 Å². The summed E-state index contributed by atoms with van der Waals surface area (Å²) in [5.41, 5.74) is 1.91. The van der Waals surface area contributed by atoms with Crippen molar-refractivity contribution in [1.82, 2.24) is 9.55 Å². The third kappa shape index (κ3) is 3.66. The van der Waals surface area contributed by atoms with Crippen LogP contribution in [0, 0.1) is 5.82 Å². The third-order valence-corrected chi connectivity index (χ3v) is 4.10. The molecule has 4 heteroatoms. The Morgan fingerprint density at radius 1 is 1.04 bits per heavy atom. The largest absolute Gasteiger partial charge is 0.385 e. The van der Waals surface area contributed by atoms with Crippen LogP contribution in [0.4, 0.5) is 4.39 Å². The lowest BCUT2D eigenvalue weighted by Crippen LogP contribution is -2.23. The Morgan fingerprint density at radius 3 is 2.22 bits per heavy atom. The first kappa shape index (κ1) is 15.4. The quantitative estimate of drug-likeness (QED) is 0.774. The van der Waals surface area contributed by atoms with E-state index in [-0.39, 0.29) is 5.82 Å². The smallest absolute Gasteiger partial charge is 0.123 e. The molecule has 0 fully saturated rings. The number of benzene rings is 2. The zero-order valence-corrected chi connectivity index (χ0v) is 13.0. The molecule has 0 aliphatic carbocycles. The monoisotopic (exact) mass is 310 g/mol. The molecule has 2 aromatic carbocycles. The minimum Gasteiger partial charge on any atom is -0.385 e. The van der Waals surface area contributed by atoms with E-state index >= 15 is 0 Å². The summed E-state index contributed by atoms with van der Waals surface area (Å²) in [4.78, 5) is 4.00. The van der Waals surface area contributed by atoms with E-state index in [4.69, 9.17) is 0 Å². The number of nitrogens with zero attached hydrogens (tertiary/aromatic N) is 2. The average Bonchev–Trinajstić information content (AvgIpc) is 3.08. The van der Waals surface area contributed by atoms with Crippen molar-refractivity contribution in [2.75, 3.05) is 0 Å². The predicted octanol–water partition coefficient (Wildman–Crippen LogP) is 3.99. The van der Waals surface area contributed by atoms with Gasteiger partial charge in [0.1, 0.15) is 5.82 Å². The number of aliphatic hydroxyl groups is 1. The highest BCUT2D eigenvalue weighted by atomic mass is 19.1. The highest BCUT2D eigenvalue weighted by molar-refractivity contribution is 5.63. The van der Waals surface area contributed by atoms with E-state index in [2.05, 4.69) is 4.98 Å². The number of hydrogen-bond donors (Lipinski definition) is 1. The van der Waals surface area contributed by atoms with Gasteiger partial charge in [-0.1, -0.05) is 36.4 Å². The maximum Gasteiger partial charge on any atom is 0.123 e. The second-order valence-corrected chi connectivity index (χ2v) is 5.91. The SMILES string of the molecule is CC(O)(CCn1ccnc1)c1ccc(-c2ccc(F)cc2)cc1. The number of aryl methyl sites for hydroxylation is 1. The standard InChI is InChI=1S/C19H19FN2O/c1-19(23,10-12-22-13-11-21-14-22)17-6-2-15(3-7-17)16-4-8-18(20)9-5-16/h2-9,11,13-14,23H,10,12H2,1H3. The fourth-order valence-corrected chi connectivity index (χ4v) is 2.57. The average molecular weight is 310 g/mol. The van der Waals surface area contributed by atoms with Crippen molar-refractivity contribution in [2.24, 2.45) is 0 Å². The third-order valence-electron chi connectivity index (χ3n) is 4.10. The van der Waals surface area contributed by atoms with Crippen LogP contribution in [0.3, 0.4) is 0 Å². The van der Waals surface area contributed by atoms with Gasteiger partial charge in [-0.2, -0.15) is 0 Å². The summed E-state index contributed by atoms with van der Waals surface area (Å²) < 4.78 is 14.9. The van der Waals surface area contributed by atoms with Gasteiger partial charge in [0.2, 0.25) is 0 Å². The van der Waals surface area contributed by atoms with Crippen LogP contribution < -0.4 is 0 Å². The van der Waals surface area contributed by atoms with Gasteiger partial charge in [-0.15, -0.1) is 0 Å². The molecule has 1 atom stereocenters. The van der Waals surface area contributed by atoms with E-state index < -0.39 is 5.60 Å². The van der Waals surface area contributed by atoms with Gasteiger partial charge in [0.25, 0.3) is 0 Å². The zero-order chi connectivity index (χ0) is 16.3. The van der Waals surface area contributed by atoms with Gasteiger partial charge >= 0.3 is 0 Å². The Morgan fingerprint density at radius 2 is 1.65 bits per heavy atom. The molecule has 3 nitrogen and oxygen atoms in total. The Balaban J connectivity index is 1.73. The number of aromatic nitrogens is 2. The van der Waals surface area contributed by atoms with Gasteiger partial charge in [0, 0.05) is 18.9 Å². The van der Waals surface area contributed by atoms with E-state index in [0.29, 0.717) is 13.0 Å². The van der Waals surface area contributed by atoms with Crippen LogP contribution in [0.25, 0.3) is 11.1 Å². The van der Waals surface area contributed by atoms with Crippen LogP contribution in [-0.2, 0) is 12.1 Å². The highest BCUT2D eigenvalue weighted by Gasteiger charge is 2.22. The summed E-state index contributed by atoms with van der Waals surface area (Å²) >= 11 is 0. The van der Waals surface area contributed by atoms with Crippen molar-refractivity contribution in [1.29, 1.82) is 0 Å². The molecule has 0 aliphatic rings. The molecule has 0 saturated heterocycles. The van der Waals surface area contributed by atoms with Gasteiger partial charge in [-0.05, 0) is 42.2 Å². The molecule has 0 radical (unpaired) electrons. The Labute approximate surface area is 135 Å². The van der Waals surface area contributed by atoms with Crippen LogP contribution in [0.1, 0.15) is 18.9 Å². The lowest BCUT2D eigenvalue weighted by molar-refractivity contribution is 0.0431. The maximum absolute atomic E-state index is 13.0. The first-order valence-corrected chi connectivity index (χ1v) is 7.59. The molecule has 1 N–H and O–H groups in total. The first-order chi connectivity index (χ1) is 11.0. The summed E-state index contributed by atoms with van der Waals surface area (Å²) in [5, 5.41) is 10.7. The molecule has 23 heavy (non-hydrogen) atoms. The number of imidazole rings is 1. The van der Waals surface area contributed by atoms with Crippen molar-refractivity contribution < 1.29 is 9.50 Å². The first-order valence-electron chi connectivity index (χ1n) is 7.59. The molecule has 0 amide bonds. The molecule has 0 saturated carbocycles. The lowest BCUT2D eigenvalue weighted by atomic mass is 9.91. The topological polar surface area (TPSA) is 38.0 Å². The van der Waals surface area contributed by atoms with Crippen LogP contribution >= 0.6 is 0 Å². The maximum atomic E-state index is 13.0. The highest BCUT2D eigenvalue weighted by Crippen LogP contribution is 2.28. The molecule has 3 aromatic rings. The fourth-order valence-electron chi connectivity index (χ4n) is 2.57. The van der Waals surface area contributed by atoms with Crippen molar-refractivity contribution in [3.8, 4) is 11.1 Å². The Hall–Kier alpha value is -2.46. The molecule has 1 heterocycles. The molecule has 0 spiro atoms. The Bertz CT molecular complexity index is 747. The molecule has 1 aromatic heterocycles. The van der Waals surface area contributed by atoms with E-state index in [9.17, 15) is 9.50 Å².